The van der Waals surface area contributed by atoms with Crippen LogP contribution in [0.25, 0.3) is 0 Å². The molecule has 2 fully saturated rings. The Morgan fingerprint density at radius 1 is 1.09 bits per heavy atom. The van der Waals surface area contributed by atoms with Gasteiger partial charge in [0, 0.05) is 35.6 Å². The summed E-state index contributed by atoms with van der Waals surface area (Å²) in [6.45, 7) is 5.67. The number of halogens is 1. The first-order valence-electron chi connectivity index (χ1n) is 11.2. The van der Waals surface area contributed by atoms with Crippen LogP contribution in [0.4, 0.5) is 4.39 Å². The molecule has 1 aliphatic heterocycles. The Hall–Kier alpha value is -3.36. The van der Waals surface area contributed by atoms with Crippen LogP contribution in [0.1, 0.15) is 78.8 Å². The van der Waals surface area contributed by atoms with Crippen LogP contribution in [0, 0.1) is 5.82 Å². The van der Waals surface area contributed by atoms with Crippen LogP contribution in [0.3, 0.4) is 0 Å². The van der Waals surface area contributed by atoms with Crippen LogP contribution in [-0.2, 0) is 4.79 Å². The summed E-state index contributed by atoms with van der Waals surface area (Å²) in [5.41, 5.74) is -0.180. The second-order valence-corrected chi connectivity index (χ2v) is 9.08. The molecule has 0 radical (unpaired) electrons. The first-order valence-corrected chi connectivity index (χ1v) is 11.2. The van der Waals surface area contributed by atoms with E-state index in [2.05, 4.69) is 20.6 Å². The molecule has 174 valence electrons. The molecule has 1 aliphatic carbocycles. The van der Waals surface area contributed by atoms with Crippen molar-refractivity contribution in [2.24, 2.45) is 0 Å². The molecule has 9 heteroatoms. The Balaban J connectivity index is 1.42. The van der Waals surface area contributed by atoms with E-state index in [0.29, 0.717) is 18.4 Å². The van der Waals surface area contributed by atoms with Gasteiger partial charge in [-0.15, -0.1) is 0 Å². The normalized spacial score (nSPS) is 21.9. The number of likely N-dealkylation sites (tertiary alicyclic amines) is 1. The Kier molecular flexibility index (Phi) is 6.14. The fourth-order valence-corrected chi connectivity index (χ4v) is 4.41. The van der Waals surface area contributed by atoms with E-state index in [-0.39, 0.29) is 35.0 Å². The Bertz CT molecular complexity index is 1060. The number of benzene rings is 1. The van der Waals surface area contributed by atoms with Gasteiger partial charge in [-0.3, -0.25) is 14.4 Å². The van der Waals surface area contributed by atoms with Crippen LogP contribution in [0.2, 0.25) is 0 Å². The molecule has 33 heavy (non-hydrogen) atoms. The number of hydrogen-bond acceptors (Lipinski definition) is 5. The van der Waals surface area contributed by atoms with E-state index < -0.39 is 23.3 Å². The molecule has 2 aliphatic rings. The smallest absolute Gasteiger partial charge is 0.255 e. The first-order chi connectivity index (χ1) is 15.7. The number of carbonyl (C=O) groups excluding carboxylic acids is 3. The third-order valence-electron chi connectivity index (χ3n) is 6.61. The highest BCUT2D eigenvalue weighted by atomic mass is 19.1. The second-order valence-electron chi connectivity index (χ2n) is 9.08. The molecule has 2 aromatic rings. The van der Waals surface area contributed by atoms with Gasteiger partial charge < -0.3 is 15.5 Å². The first kappa shape index (κ1) is 22.8. The van der Waals surface area contributed by atoms with E-state index in [4.69, 9.17) is 0 Å². The third-order valence-corrected chi connectivity index (χ3v) is 6.61. The zero-order valence-electron chi connectivity index (χ0n) is 19.0. The number of hydrogen-bond donors (Lipinski definition) is 2. The lowest BCUT2D eigenvalue weighted by Gasteiger charge is -2.26. The summed E-state index contributed by atoms with van der Waals surface area (Å²) in [5, 5.41) is 5.54. The van der Waals surface area contributed by atoms with Crippen LogP contribution in [0.5, 0.6) is 0 Å². The summed E-state index contributed by atoms with van der Waals surface area (Å²) in [6.07, 6.45) is 6.93. The van der Waals surface area contributed by atoms with Gasteiger partial charge in [-0.25, -0.2) is 14.4 Å². The van der Waals surface area contributed by atoms with Crippen molar-refractivity contribution in [1.29, 1.82) is 0 Å². The highest BCUT2D eigenvalue weighted by Gasteiger charge is 2.51. The summed E-state index contributed by atoms with van der Waals surface area (Å²) in [6, 6.07) is 3.99. The number of rotatable bonds is 6. The fraction of sp³-hybridized carbons (Fsp3) is 0.458. The second kappa shape index (κ2) is 8.88. The standard InChI is InChI=1S/C24H28FN5O3/c1-14-4-5-15(2)30(14)22(32)17-6-7-19(20(25)10-17)16(3)28-23(33)24(8-9-24)29-21(31)18-11-26-13-27-12-18/h6-7,10-16H,4-5,8-9H2,1-3H3,(H,28,33)(H,29,31). The summed E-state index contributed by atoms with van der Waals surface area (Å²) in [4.78, 5) is 47.6. The minimum atomic E-state index is -1.02. The molecule has 1 saturated heterocycles. The van der Waals surface area contributed by atoms with E-state index in [0.717, 1.165) is 12.8 Å². The lowest BCUT2D eigenvalue weighted by Crippen LogP contribution is -2.49. The van der Waals surface area contributed by atoms with Crippen molar-refractivity contribution in [1.82, 2.24) is 25.5 Å². The predicted molar refractivity (Wildman–Crippen MR) is 119 cm³/mol. The summed E-state index contributed by atoms with van der Waals surface area (Å²) in [5.74, 6) is -1.54. The molecular formula is C24H28FN5O3. The maximum absolute atomic E-state index is 14.9. The molecule has 1 saturated carbocycles. The third kappa shape index (κ3) is 4.58. The number of carbonyl (C=O) groups is 3. The van der Waals surface area contributed by atoms with Gasteiger partial charge in [-0.05, 0) is 58.6 Å². The predicted octanol–water partition coefficient (Wildman–Crippen LogP) is 2.77. The Morgan fingerprint density at radius 2 is 1.73 bits per heavy atom. The minimum absolute atomic E-state index is 0.126. The quantitative estimate of drug-likeness (QED) is 0.700. The summed E-state index contributed by atoms with van der Waals surface area (Å²) >= 11 is 0. The highest BCUT2D eigenvalue weighted by Crippen LogP contribution is 2.36. The van der Waals surface area contributed by atoms with Crippen molar-refractivity contribution >= 4 is 17.7 Å². The lowest BCUT2D eigenvalue weighted by atomic mass is 10.0. The van der Waals surface area contributed by atoms with Crippen molar-refractivity contribution in [2.75, 3.05) is 0 Å². The van der Waals surface area contributed by atoms with Crippen molar-refractivity contribution in [2.45, 2.75) is 70.1 Å². The van der Waals surface area contributed by atoms with Gasteiger partial charge in [0.25, 0.3) is 11.8 Å². The van der Waals surface area contributed by atoms with Crippen LogP contribution >= 0.6 is 0 Å². The molecule has 1 aromatic heterocycles. The molecule has 3 amide bonds. The summed E-state index contributed by atoms with van der Waals surface area (Å²) < 4.78 is 14.9. The molecule has 0 spiro atoms. The topological polar surface area (TPSA) is 104 Å². The number of aromatic nitrogens is 2. The number of nitrogens with one attached hydrogen (secondary N) is 2. The maximum Gasteiger partial charge on any atom is 0.255 e. The average molecular weight is 454 g/mol. The number of nitrogens with zero attached hydrogens (tertiary/aromatic N) is 3. The Morgan fingerprint density at radius 3 is 2.30 bits per heavy atom. The van der Waals surface area contributed by atoms with Gasteiger partial charge in [0.2, 0.25) is 5.91 Å². The molecule has 8 nitrogen and oxygen atoms in total. The van der Waals surface area contributed by atoms with Gasteiger partial charge in [0.15, 0.2) is 0 Å². The van der Waals surface area contributed by atoms with Crippen LogP contribution < -0.4 is 10.6 Å². The van der Waals surface area contributed by atoms with E-state index >= 15 is 0 Å². The van der Waals surface area contributed by atoms with Crippen molar-refractivity contribution < 1.29 is 18.8 Å². The molecule has 0 bridgehead atoms. The number of amides is 3. The van der Waals surface area contributed by atoms with Crippen molar-refractivity contribution in [3.8, 4) is 0 Å². The average Bonchev–Trinajstić information content (AvgIpc) is 3.51. The van der Waals surface area contributed by atoms with Gasteiger partial charge in [0.1, 0.15) is 17.7 Å². The molecule has 4 rings (SSSR count). The zero-order valence-corrected chi connectivity index (χ0v) is 19.0. The van der Waals surface area contributed by atoms with Crippen molar-refractivity contribution in [3.05, 3.63) is 59.4 Å². The monoisotopic (exact) mass is 453 g/mol. The van der Waals surface area contributed by atoms with Gasteiger partial charge >= 0.3 is 0 Å². The van der Waals surface area contributed by atoms with E-state index in [9.17, 15) is 18.8 Å². The lowest BCUT2D eigenvalue weighted by molar-refractivity contribution is -0.124. The molecule has 1 aromatic carbocycles. The molecule has 3 atom stereocenters. The van der Waals surface area contributed by atoms with Gasteiger partial charge in [0.05, 0.1) is 11.6 Å². The molecule has 3 unspecified atom stereocenters. The van der Waals surface area contributed by atoms with Gasteiger partial charge in [-0.1, -0.05) is 6.07 Å². The van der Waals surface area contributed by atoms with E-state index in [1.165, 1.54) is 24.8 Å². The molecule has 2 heterocycles. The largest absolute Gasteiger partial charge is 0.347 e. The van der Waals surface area contributed by atoms with E-state index in [1.807, 2.05) is 13.8 Å². The zero-order chi connectivity index (χ0) is 23.8. The van der Waals surface area contributed by atoms with Crippen LogP contribution in [-0.4, -0.2) is 50.2 Å². The summed E-state index contributed by atoms with van der Waals surface area (Å²) in [7, 11) is 0. The SMILES string of the molecule is CC(NC(=O)C1(NC(=O)c2cncnc2)CC1)c1ccc(C(=O)N2C(C)CCC2C)cc1F. The highest BCUT2D eigenvalue weighted by molar-refractivity contribution is 6.00. The minimum Gasteiger partial charge on any atom is -0.347 e. The Labute approximate surface area is 192 Å². The van der Waals surface area contributed by atoms with Crippen molar-refractivity contribution in [3.63, 3.8) is 0 Å². The van der Waals surface area contributed by atoms with E-state index in [1.54, 1.807) is 24.0 Å². The molecular weight excluding hydrogens is 425 g/mol. The van der Waals surface area contributed by atoms with Gasteiger partial charge in [-0.2, -0.15) is 0 Å². The molecule has 2 N–H and O–H groups in total. The fourth-order valence-electron chi connectivity index (χ4n) is 4.41. The maximum atomic E-state index is 14.9. The van der Waals surface area contributed by atoms with Crippen LogP contribution in [0.15, 0.2) is 36.9 Å².